The zero-order valence-corrected chi connectivity index (χ0v) is 30.5. The lowest BCUT2D eigenvalue weighted by molar-refractivity contribution is 0.664. The van der Waals surface area contributed by atoms with Crippen LogP contribution in [0.15, 0.2) is 195 Å². The highest BCUT2D eigenvalue weighted by Gasteiger charge is 2.21. The summed E-state index contributed by atoms with van der Waals surface area (Å²) in [7, 11) is 0. The second-order valence-electron chi connectivity index (χ2n) is 15.1. The Kier molecular flexibility index (Phi) is 6.16. The number of hydrogen-bond donors (Lipinski definition) is 0. The summed E-state index contributed by atoms with van der Waals surface area (Å²) in [6, 6.07) is 64.9. The monoisotopic (exact) mass is 726 g/mol. The maximum atomic E-state index is 6.80. The topological polar surface area (TPSA) is 39.4 Å². The Bertz CT molecular complexity index is 3750. The second kappa shape index (κ2) is 11.5. The number of rotatable bonds is 3. The van der Waals surface area contributed by atoms with Crippen molar-refractivity contribution in [2.45, 2.75) is 0 Å². The SMILES string of the molecule is c1ccc(-c2c3ccccc3c(-c3ccc4c(c3)oc3cc(-c5cc6c7ccc8oc9ccccc9c8c7oc6c6ccccc56)ccc34)c3ccccc23)cc1. The normalized spacial score (nSPS) is 12.2. The molecule has 0 radical (unpaired) electrons. The van der Waals surface area contributed by atoms with Crippen LogP contribution in [-0.4, -0.2) is 0 Å². The third-order valence-electron chi connectivity index (χ3n) is 12.1. The van der Waals surface area contributed by atoms with E-state index in [1.165, 1.54) is 38.2 Å². The Morgan fingerprint density at radius 3 is 1.46 bits per heavy atom. The quantitative estimate of drug-likeness (QED) is 0.170. The minimum absolute atomic E-state index is 0.830. The summed E-state index contributed by atoms with van der Waals surface area (Å²) >= 11 is 0. The number of furan rings is 3. The summed E-state index contributed by atoms with van der Waals surface area (Å²) in [5, 5.41) is 13.6. The first-order chi connectivity index (χ1) is 28.3. The molecule has 0 N–H and O–H groups in total. The van der Waals surface area contributed by atoms with Gasteiger partial charge in [-0.1, -0.05) is 133 Å². The molecule has 13 aromatic rings. The first-order valence-electron chi connectivity index (χ1n) is 19.4. The summed E-state index contributed by atoms with van der Waals surface area (Å²) in [6.07, 6.45) is 0. The molecule has 57 heavy (non-hydrogen) atoms. The molecule has 0 atom stereocenters. The fraction of sp³-hybridized carbons (Fsp3) is 0. The van der Waals surface area contributed by atoms with Crippen LogP contribution in [0.25, 0.3) is 132 Å². The van der Waals surface area contributed by atoms with E-state index in [0.29, 0.717) is 0 Å². The van der Waals surface area contributed by atoms with Crippen molar-refractivity contribution in [3.05, 3.63) is 182 Å². The fourth-order valence-corrected chi connectivity index (χ4v) is 9.56. The molecule has 0 bridgehead atoms. The van der Waals surface area contributed by atoms with Gasteiger partial charge in [0.1, 0.15) is 33.5 Å². The molecule has 0 aliphatic rings. The van der Waals surface area contributed by atoms with Crippen molar-refractivity contribution in [2.24, 2.45) is 0 Å². The van der Waals surface area contributed by atoms with Crippen molar-refractivity contribution in [2.75, 3.05) is 0 Å². The summed E-state index contributed by atoms with van der Waals surface area (Å²) in [5.41, 5.74) is 12.2. The highest BCUT2D eigenvalue weighted by Crippen LogP contribution is 2.47. The standard InChI is InChI=1S/C54H30O3/c1-2-12-31(13-3-1)50-37-15-5-7-17-39(37)51(40-18-8-6-16-38(40)50)33-23-25-36-35-24-22-32(28-48(35)56-49(36)29-33)44-30-45-42-26-27-47-52(43-20-10-11-21-46(43)55-47)54(42)57-53(45)41-19-9-4-14-34(41)44/h1-30H. The molecule has 0 aliphatic carbocycles. The average molecular weight is 727 g/mol. The fourth-order valence-electron chi connectivity index (χ4n) is 9.56. The Morgan fingerprint density at radius 1 is 0.246 bits per heavy atom. The third kappa shape index (κ3) is 4.31. The van der Waals surface area contributed by atoms with Crippen molar-refractivity contribution < 1.29 is 13.3 Å². The van der Waals surface area contributed by atoms with Crippen LogP contribution in [0.1, 0.15) is 0 Å². The minimum atomic E-state index is 0.830. The van der Waals surface area contributed by atoms with Gasteiger partial charge in [-0.25, -0.2) is 0 Å². The van der Waals surface area contributed by atoms with Gasteiger partial charge in [-0.2, -0.15) is 0 Å². The lowest BCUT2D eigenvalue weighted by Gasteiger charge is -2.17. The summed E-state index contributed by atoms with van der Waals surface area (Å²) in [6.45, 7) is 0. The van der Waals surface area contributed by atoms with Crippen molar-refractivity contribution in [1.29, 1.82) is 0 Å². The zero-order valence-electron chi connectivity index (χ0n) is 30.5. The highest BCUT2D eigenvalue weighted by atomic mass is 16.3. The van der Waals surface area contributed by atoms with Gasteiger partial charge in [-0.05, 0) is 109 Å². The van der Waals surface area contributed by atoms with Gasteiger partial charge >= 0.3 is 0 Å². The van der Waals surface area contributed by atoms with Crippen molar-refractivity contribution >= 4 is 98.1 Å². The van der Waals surface area contributed by atoms with Gasteiger partial charge in [-0.15, -0.1) is 0 Å². The Morgan fingerprint density at radius 2 is 0.754 bits per heavy atom. The van der Waals surface area contributed by atoms with E-state index in [1.807, 2.05) is 12.1 Å². The number of benzene rings is 10. The Labute approximate surface area is 325 Å². The molecule has 0 aliphatic heterocycles. The van der Waals surface area contributed by atoms with Crippen LogP contribution < -0.4 is 0 Å². The highest BCUT2D eigenvalue weighted by molar-refractivity contribution is 6.26. The molecule has 10 aromatic carbocycles. The van der Waals surface area contributed by atoms with E-state index in [1.54, 1.807) is 0 Å². The number of hydrogen-bond acceptors (Lipinski definition) is 3. The van der Waals surface area contributed by atoms with Crippen LogP contribution in [0.3, 0.4) is 0 Å². The molecule has 0 saturated carbocycles. The van der Waals surface area contributed by atoms with E-state index in [4.69, 9.17) is 13.3 Å². The van der Waals surface area contributed by atoms with Crippen LogP contribution in [0, 0.1) is 0 Å². The zero-order chi connectivity index (χ0) is 37.2. The van der Waals surface area contributed by atoms with Gasteiger partial charge in [0.05, 0.1) is 5.39 Å². The maximum absolute atomic E-state index is 6.80. The summed E-state index contributed by atoms with van der Waals surface area (Å²) < 4.78 is 19.8. The molecule has 0 fully saturated rings. The lowest BCUT2D eigenvalue weighted by Crippen LogP contribution is -1.90. The van der Waals surface area contributed by atoms with Crippen LogP contribution in [-0.2, 0) is 0 Å². The third-order valence-corrected chi connectivity index (χ3v) is 12.1. The second-order valence-corrected chi connectivity index (χ2v) is 15.1. The summed E-state index contributed by atoms with van der Waals surface area (Å²) in [4.78, 5) is 0. The minimum Gasteiger partial charge on any atom is -0.456 e. The molecule has 0 unspecified atom stereocenters. The molecule has 0 saturated heterocycles. The van der Waals surface area contributed by atoms with Gasteiger partial charge in [0.2, 0.25) is 0 Å². The van der Waals surface area contributed by atoms with Crippen LogP contribution in [0.4, 0.5) is 0 Å². The largest absolute Gasteiger partial charge is 0.456 e. The number of para-hydroxylation sites is 1. The van der Waals surface area contributed by atoms with Gasteiger partial charge in [-0.3, -0.25) is 0 Å². The molecule has 3 nitrogen and oxygen atoms in total. The molecular weight excluding hydrogens is 697 g/mol. The predicted molar refractivity (Wildman–Crippen MR) is 237 cm³/mol. The van der Waals surface area contributed by atoms with Gasteiger partial charge in [0.25, 0.3) is 0 Å². The maximum Gasteiger partial charge on any atom is 0.147 e. The van der Waals surface area contributed by atoms with Crippen LogP contribution in [0.2, 0.25) is 0 Å². The Balaban J connectivity index is 1.00. The van der Waals surface area contributed by atoms with Gasteiger partial charge in [0, 0.05) is 32.3 Å². The van der Waals surface area contributed by atoms with E-state index in [9.17, 15) is 0 Å². The summed E-state index contributed by atoms with van der Waals surface area (Å²) in [5.74, 6) is 0. The van der Waals surface area contributed by atoms with E-state index < -0.39 is 0 Å². The predicted octanol–water partition coefficient (Wildman–Crippen LogP) is 15.8. The lowest BCUT2D eigenvalue weighted by atomic mass is 9.86. The van der Waals surface area contributed by atoms with E-state index >= 15 is 0 Å². The average Bonchev–Trinajstić information content (AvgIpc) is 3.96. The van der Waals surface area contributed by atoms with Crippen molar-refractivity contribution in [1.82, 2.24) is 0 Å². The van der Waals surface area contributed by atoms with Crippen LogP contribution >= 0.6 is 0 Å². The van der Waals surface area contributed by atoms with Crippen LogP contribution in [0.5, 0.6) is 0 Å². The van der Waals surface area contributed by atoms with E-state index in [0.717, 1.165) is 93.3 Å². The first-order valence-corrected chi connectivity index (χ1v) is 19.4. The van der Waals surface area contributed by atoms with E-state index in [2.05, 4.69) is 170 Å². The molecule has 0 amide bonds. The molecule has 13 rings (SSSR count). The van der Waals surface area contributed by atoms with E-state index in [-0.39, 0.29) is 0 Å². The molecule has 0 spiro atoms. The van der Waals surface area contributed by atoms with Gasteiger partial charge < -0.3 is 13.3 Å². The van der Waals surface area contributed by atoms with Crippen molar-refractivity contribution in [3.63, 3.8) is 0 Å². The number of fused-ring (bicyclic) bond motifs is 14. The Hall–Kier alpha value is -7.62. The molecule has 264 valence electrons. The van der Waals surface area contributed by atoms with Gasteiger partial charge in [0.15, 0.2) is 0 Å². The molecule has 3 heteroatoms. The van der Waals surface area contributed by atoms with Crippen molar-refractivity contribution in [3.8, 4) is 33.4 Å². The smallest absolute Gasteiger partial charge is 0.147 e. The molecule has 3 aromatic heterocycles. The first kappa shape index (κ1) is 30.7. The molecular formula is C54H30O3. The molecule has 3 heterocycles.